The van der Waals surface area contributed by atoms with E-state index < -0.39 is 12.0 Å². The average molecular weight is 371 g/mol. The van der Waals surface area contributed by atoms with Crippen LogP contribution in [-0.4, -0.2) is 31.2 Å². The zero-order valence-electron chi connectivity index (χ0n) is 15.8. The Kier molecular flexibility index (Phi) is 7.23. The van der Waals surface area contributed by atoms with Gasteiger partial charge in [-0.15, -0.1) is 0 Å². The lowest BCUT2D eigenvalue weighted by Crippen LogP contribution is -2.31. The first-order valence-electron chi connectivity index (χ1n) is 8.77. The van der Waals surface area contributed by atoms with Crippen LogP contribution in [0.25, 0.3) is 0 Å². The van der Waals surface area contributed by atoms with E-state index >= 15 is 0 Å². The minimum atomic E-state index is -1.01. The number of carboxylic acids is 1. The molecule has 2 N–H and O–H groups in total. The smallest absolute Gasteiger partial charge is 0.305 e. The first-order chi connectivity index (χ1) is 13.0. The number of benzene rings is 2. The van der Waals surface area contributed by atoms with Crippen LogP contribution in [-0.2, 0) is 22.4 Å². The van der Waals surface area contributed by atoms with Crippen LogP contribution in [0, 0.1) is 0 Å². The van der Waals surface area contributed by atoms with E-state index in [0.29, 0.717) is 17.1 Å². The first-order valence-corrected chi connectivity index (χ1v) is 8.77. The van der Waals surface area contributed by atoms with Crippen LogP contribution in [0.5, 0.6) is 11.5 Å². The van der Waals surface area contributed by atoms with Crippen molar-refractivity contribution in [3.8, 4) is 11.5 Å². The van der Waals surface area contributed by atoms with Gasteiger partial charge in [-0.2, -0.15) is 0 Å². The van der Waals surface area contributed by atoms with Gasteiger partial charge in [0.1, 0.15) is 11.5 Å². The van der Waals surface area contributed by atoms with Gasteiger partial charge in [0, 0.05) is 11.6 Å². The van der Waals surface area contributed by atoms with Crippen molar-refractivity contribution in [1.29, 1.82) is 0 Å². The minimum absolute atomic E-state index is 0.179. The van der Waals surface area contributed by atoms with Crippen LogP contribution in [0.4, 0.5) is 0 Å². The maximum absolute atomic E-state index is 12.5. The molecule has 6 nitrogen and oxygen atoms in total. The number of carbonyl (C=O) groups excluding carboxylic acids is 1. The number of hydrogen-bond acceptors (Lipinski definition) is 4. The standard InChI is InChI=1S/C21H25NO5/c1-4-14-5-7-15(8-6-14)11-20(23)22-18(13-21(24)25)17-10-9-16(26-2)12-19(17)27-3/h5-10,12,18H,4,11,13H2,1-3H3,(H,22,23)(H,24,25). The number of aliphatic carboxylic acids is 1. The third-order valence-electron chi connectivity index (χ3n) is 4.33. The molecule has 2 rings (SSSR count). The van der Waals surface area contributed by atoms with E-state index in [2.05, 4.69) is 12.2 Å². The Balaban J connectivity index is 2.18. The predicted molar refractivity (Wildman–Crippen MR) is 102 cm³/mol. The number of carbonyl (C=O) groups is 2. The molecular formula is C21H25NO5. The third-order valence-corrected chi connectivity index (χ3v) is 4.33. The molecule has 0 aromatic heterocycles. The summed E-state index contributed by atoms with van der Waals surface area (Å²) in [6, 6.07) is 12.2. The van der Waals surface area contributed by atoms with Gasteiger partial charge in [-0.3, -0.25) is 9.59 Å². The van der Waals surface area contributed by atoms with E-state index in [4.69, 9.17) is 9.47 Å². The molecule has 0 radical (unpaired) electrons. The number of methoxy groups -OCH3 is 2. The van der Waals surface area contributed by atoms with E-state index in [1.165, 1.54) is 19.8 Å². The summed E-state index contributed by atoms with van der Waals surface area (Å²) in [5.74, 6) is -0.200. The molecule has 6 heteroatoms. The van der Waals surface area contributed by atoms with Gasteiger partial charge in [-0.1, -0.05) is 31.2 Å². The monoisotopic (exact) mass is 371 g/mol. The zero-order valence-corrected chi connectivity index (χ0v) is 15.8. The van der Waals surface area contributed by atoms with Crippen molar-refractivity contribution in [2.75, 3.05) is 14.2 Å². The number of ether oxygens (including phenoxy) is 2. The minimum Gasteiger partial charge on any atom is -0.497 e. The Morgan fingerprint density at radius 1 is 1.04 bits per heavy atom. The van der Waals surface area contributed by atoms with Crippen LogP contribution in [0.15, 0.2) is 42.5 Å². The van der Waals surface area contributed by atoms with Crippen molar-refractivity contribution >= 4 is 11.9 Å². The van der Waals surface area contributed by atoms with Gasteiger partial charge < -0.3 is 19.9 Å². The fourth-order valence-corrected chi connectivity index (χ4v) is 2.84. The van der Waals surface area contributed by atoms with E-state index in [9.17, 15) is 14.7 Å². The molecule has 0 spiro atoms. The topological polar surface area (TPSA) is 84.9 Å². The zero-order chi connectivity index (χ0) is 19.8. The lowest BCUT2D eigenvalue weighted by Gasteiger charge is -2.20. The highest BCUT2D eigenvalue weighted by Crippen LogP contribution is 2.31. The van der Waals surface area contributed by atoms with Crippen molar-refractivity contribution < 1.29 is 24.2 Å². The number of carboxylic acid groups (broad SMARTS) is 1. The van der Waals surface area contributed by atoms with Crippen LogP contribution < -0.4 is 14.8 Å². The van der Waals surface area contributed by atoms with E-state index in [1.807, 2.05) is 24.3 Å². The molecule has 0 fully saturated rings. The average Bonchev–Trinajstić information content (AvgIpc) is 2.67. The lowest BCUT2D eigenvalue weighted by atomic mass is 10.0. The molecule has 2 aromatic rings. The van der Waals surface area contributed by atoms with E-state index in [0.717, 1.165) is 12.0 Å². The highest BCUT2D eigenvalue weighted by atomic mass is 16.5. The molecule has 1 atom stereocenters. The molecule has 1 unspecified atom stereocenters. The second-order valence-electron chi connectivity index (χ2n) is 6.17. The summed E-state index contributed by atoms with van der Waals surface area (Å²) < 4.78 is 10.5. The Morgan fingerprint density at radius 2 is 1.70 bits per heavy atom. The number of aryl methyl sites for hydroxylation is 1. The van der Waals surface area contributed by atoms with Crippen molar-refractivity contribution in [2.45, 2.75) is 32.2 Å². The summed E-state index contributed by atoms with van der Waals surface area (Å²) in [7, 11) is 3.03. The van der Waals surface area contributed by atoms with Crippen LogP contribution >= 0.6 is 0 Å². The van der Waals surface area contributed by atoms with Gasteiger partial charge in [-0.05, 0) is 29.7 Å². The van der Waals surface area contributed by atoms with E-state index in [-0.39, 0.29) is 18.7 Å². The second-order valence-corrected chi connectivity index (χ2v) is 6.17. The maximum atomic E-state index is 12.5. The molecule has 0 heterocycles. The van der Waals surface area contributed by atoms with Crippen LogP contribution in [0.2, 0.25) is 0 Å². The van der Waals surface area contributed by atoms with Crippen LogP contribution in [0.3, 0.4) is 0 Å². The molecule has 0 aliphatic rings. The van der Waals surface area contributed by atoms with Crippen molar-refractivity contribution in [1.82, 2.24) is 5.32 Å². The van der Waals surface area contributed by atoms with Crippen molar-refractivity contribution in [3.63, 3.8) is 0 Å². The summed E-state index contributed by atoms with van der Waals surface area (Å²) >= 11 is 0. The summed E-state index contributed by atoms with van der Waals surface area (Å²) in [4.78, 5) is 23.8. The van der Waals surface area contributed by atoms with Gasteiger partial charge in [0.2, 0.25) is 5.91 Å². The molecule has 0 saturated heterocycles. The van der Waals surface area contributed by atoms with Crippen LogP contribution in [0.1, 0.15) is 36.1 Å². The summed E-state index contributed by atoms with van der Waals surface area (Å²) in [5, 5.41) is 12.1. The molecular weight excluding hydrogens is 346 g/mol. The molecule has 0 saturated carbocycles. The Labute approximate surface area is 159 Å². The fraction of sp³-hybridized carbons (Fsp3) is 0.333. The number of nitrogens with one attached hydrogen (secondary N) is 1. The maximum Gasteiger partial charge on any atom is 0.305 e. The Hall–Kier alpha value is -3.02. The Morgan fingerprint density at radius 3 is 2.26 bits per heavy atom. The highest BCUT2D eigenvalue weighted by Gasteiger charge is 2.22. The normalized spacial score (nSPS) is 11.5. The molecule has 0 bridgehead atoms. The molecule has 0 aliphatic heterocycles. The van der Waals surface area contributed by atoms with Gasteiger partial charge in [0.05, 0.1) is 33.1 Å². The molecule has 0 aliphatic carbocycles. The molecule has 27 heavy (non-hydrogen) atoms. The summed E-state index contributed by atoms with van der Waals surface area (Å²) in [6.45, 7) is 2.07. The van der Waals surface area contributed by atoms with Crippen molar-refractivity contribution in [3.05, 3.63) is 59.2 Å². The van der Waals surface area contributed by atoms with Gasteiger partial charge >= 0.3 is 5.97 Å². The molecule has 2 aromatic carbocycles. The summed E-state index contributed by atoms with van der Waals surface area (Å²) in [6.07, 6.45) is 0.867. The predicted octanol–water partition coefficient (Wildman–Crippen LogP) is 3.14. The van der Waals surface area contributed by atoms with Gasteiger partial charge in [-0.25, -0.2) is 0 Å². The van der Waals surface area contributed by atoms with Gasteiger partial charge in [0.25, 0.3) is 0 Å². The Bertz CT molecular complexity index is 786. The quantitative estimate of drug-likeness (QED) is 0.707. The number of amides is 1. The fourth-order valence-electron chi connectivity index (χ4n) is 2.84. The summed E-state index contributed by atoms with van der Waals surface area (Å²) in [5.41, 5.74) is 2.67. The largest absolute Gasteiger partial charge is 0.497 e. The highest BCUT2D eigenvalue weighted by molar-refractivity contribution is 5.80. The van der Waals surface area contributed by atoms with Crippen molar-refractivity contribution in [2.24, 2.45) is 0 Å². The molecule has 144 valence electrons. The second kappa shape index (κ2) is 9.62. The lowest BCUT2D eigenvalue weighted by molar-refractivity contribution is -0.137. The number of hydrogen-bond donors (Lipinski definition) is 2. The first kappa shape index (κ1) is 20.3. The number of rotatable bonds is 9. The third kappa shape index (κ3) is 5.74. The SMILES string of the molecule is CCc1ccc(CC(=O)NC(CC(=O)O)c2ccc(OC)cc2OC)cc1. The van der Waals surface area contributed by atoms with Gasteiger partial charge in [0.15, 0.2) is 0 Å². The van der Waals surface area contributed by atoms with E-state index in [1.54, 1.807) is 18.2 Å². The molecule has 1 amide bonds.